The van der Waals surface area contributed by atoms with Crippen molar-refractivity contribution >= 4 is 10.8 Å². The lowest BCUT2D eigenvalue weighted by Crippen LogP contribution is -2.23. The van der Waals surface area contributed by atoms with E-state index in [9.17, 15) is 0 Å². The molecule has 0 aliphatic heterocycles. The lowest BCUT2D eigenvalue weighted by atomic mass is 9.84. The van der Waals surface area contributed by atoms with Gasteiger partial charge in [-0.25, -0.2) is 0 Å². The van der Waals surface area contributed by atoms with Crippen LogP contribution in [-0.4, -0.2) is 5.60 Å². The molecule has 0 radical (unpaired) electrons. The molecule has 0 aromatic heterocycles. The fourth-order valence-electron chi connectivity index (χ4n) is 3.96. The molecule has 1 aliphatic rings. The molecule has 0 saturated heterocycles. The Labute approximate surface area is 150 Å². The molecule has 4 rings (SSSR count). The molecule has 3 aromatic carbocycles. The van der Waals surface area contributed by atoms with Crippen molar-refractivity contribution in [1.29, 1.82) is 0 Å². The van der Waals surface area contributed by atoms with E-state index in [-0.39, 0.29) is 5.60 Å². The molecular weight excluding hydrogens is 304 g/mol. The summed E-state index contributed by atoms with van der Waals surface area (Å²) in [4.78, 5) is 0. The van der Waals surface area contributed by atoms with Gasteiger partial charge < -0.3 is 4.74 Å². The van der Waals surface area contributed by atoms with Crippen LogP contribution in [0.5, 0.6) is 5.75 Å². The molecule has 0 N–H and O–H groups in total. The summed E-state index contributed by atoms with van der Waals surface area (Å²) in [6.45, 7) is 6.35. The van der Waals surface area contributed by atoms with Crippen LogP contribution in [0.25, 0.3) is 21.9 Å². The van der Waals surface area contributed by atoms with Gasteiger partial charge in [0.15, 0.2) is 0 Å². The summed E-state index contributed by atoms with van der Waals surface area (Å²) in [6, 6.07) is 19.8. The third-order valence-corrected chi connectivity index (χ3v) is 4.97. The van der Waals surface area contributed by atoms with Gasteiger partial charge in [-0.15, -0.1) is 0 Å². The van der Waals surface area contributed by atoms with Crippen molar-refractivity contribution < 1.29 is 4.74 Å². The monoisotopic (exact) mass is 330 g/mol. The number of fused-ring (bicyclic) bond motifs is 2. The second kappa shape index (κ2) is 6.22. The van der Waals surface area contributed by atoms with Crippen molar-refractivity contribution in [1.82, 2.24) is 0 Å². The Morgan fingerprint density at radius 2 is 1.60 bits per heavy atom. The first-order chi connectivity index (χ1) is 12.0. The van der Waals surface area contributed by atoms with E-state index in [0.29, 0.717) is 0 Å². The van der Waals surface area contributed by atoms with E-state index in [1.54, 1.807) is 0 Å². The summed E-state index contributed by atoms with van der Waals surface area (Å²) < 4.78 is 6.39. The van der Waals surface area contributed by atoms with E-state index in [1.807, 2.05) is 0 Å². The molecule has 25 heavy (non-hydrogen) atoms. The molecule has 1 heteroatoms. The molecule has 1 aliphatic carbocycles. The number of hydrogen-bond donors (Lipinski definition) is 0. The average molecular weight is 330 g/mol. The third kappa shape index (κ3) is 3.16. The van der Waals surface area contributed by atoms with E-state index in [2.05, 4.69) is 75.4 Å². The Hall–Kier alpha value is -2.28. The molecule has 128 valence electrons. The van der Waals surface area contributed by atoms with Crippen LogP contribution >= 0.6 is 0 Å². The van der Waals surface area contributed by atoms with Crippen LogP contribution in [0.15, 0.2) is 54.6 Å². The lowest BCUT2D eigenvalue weighted by molar-refractivity contribution is 0.132. The molecule has 0 unspecified atom stereocenters. The Morgan fingerprint density at radius 3 is 2.44 bits per heavy atom. The van der Waals surface area contributed by atoms with Crippen molar-refractivity contribution in [3.63, 3.8) is 0 Å². The summed E-state index contributed by atoms with van der Waals surface area (Å²) >= 11 is 0. The van der Waals surface area contributed by atoms with Gasteiger partial charge in [0.25, 0.3) is 0 Å². The van der Waals surface area contributed by atoms with Gasteiger partial charge in [0, 0.05) is 5.56 Å². The topological polar surface area (TPSA) is 9.23 Å². The number of hydrogen-bond acceptors (Lipinski definition) is 1. The zero-order valence-corrected chi connectivity index (χ0v) is 15.4. The van der Waals surface area contributed by atoms with E-state index < -0.39 is 0 Å². The highest BCUT2D eigenvalue weighted by Gasteiger charge is 2.21. The minimum atomic E-state index is -0.216. The molecular formula is C24H26O. The molecule has 3 aromatic rings. The Morgan fingerprint density at radius 1 is 0.800 bits per heavy atom. The molecule has 0 bridgehead atoms. The fraction of sp³-hybridized carbons (Fsp3) is 0.333. The van der Waals surface area contributed by atoms with Gasteiger partial charge in [-0.3, -0.25) is 0 Å². The summed E-state index contributed by atoms with van der Waals surface area (Å²) in [5.41, 5.74) is 5.42. The van der Waals surface area contributed by atoms with Gasteiger partial charge in [-0.1, -0.05) is 48.5 Å². The number of aryl methyl sites for hydroxylation is 1. The zero-order valence-electron chi connectivity index (χ0n) is 15.4. The molecule has 1 nitrogen and oxygen atoms in total. The Balaban J connectivity index is 2.01. The van der Waals surface area contributed by atoms with Crippen molar-refractivity contribution in [2.24, 2.45) is 0 Å². The van der Waals surface area contributed by atoms with Crippen LogP contribution in [0.1, 0.15) is 44.7 Å². The molecule has 0 atom stereocenters. The molecule has 0 fully saturated rings. The highest BCUT2D eigenvalue weighted by Crippen LogP contribution is 2.42. The highest BCUT2D eigenvalue weighted by atomic mass is 16.5. The predicted molar refractivity (Wildman–Crippen MR) is 106 cm³/mol. The Kier molecular flexibility index (Phi) is 4.03. The summed E-state index contributed by atoms with van der Waals surface area (Å²) in [5, 5.41) is 2.55. The maximum absolute atomic E-state index is 6.39. The first-order valence-electron chi connectivity index (χ1n) is 9.35. The van der Waals surface area contributed by atoms with E-state index in [4.69, 9.17) is 4.74 Å². The molecule has 0 amide bonds. The van der Waals surface area contributed by atoms with Crippen LogP contribution in [-0.2, 0) is 12.8 Å². The molecule has 0 saturated carbocycles. The summed E-state index contributed by atoms with van der Waals surface area (Å²) in [5.74, 6) is 0.991. The van der Waals surface area contributed by atoms with Crippen LogP contribution in [0, 0.1) is 0 Å². The molecule has 0 heterocycles. The van der Waals surface area contributed by atoms with Gasteiger partial charge in [0.1, 0.15) is 11.4 Å². The number of rotatable bonds is 2. The van der Waals surface area contributed by atoms with Crippen molar-refractivity contribution in [2.75, 3.05) is 0 Å². The second-order valence-electron chi connectivity index (χ2n) is 8.02. The first kappa shape index (κ1) is 16.2. The quantitative estimate of drug-likeness (QED) is 0.517. The third-order valence-electron chi connectivity index (χ3n) is 4.97. The van der Waals surface area contributed by atoms with Gasteiger partial charge in [0.2, 0.25) is 0 Å². The van der Waals surface area contributed by atoms with Gasteiger partial charge in [-0.05, 0) is 80.0 Å². The summed E-state index contributed by atoms with van der Waals surface area (Å²) in [6.07, 6.45) is 4.95. The predicted octanol–water partition coefficient (Wildman–Crippen LogP) is 6.56. The smallest absolute Gasteiger partial charge is 0.128 e. The normalized spacial score (nSPS) is 14.4. The SMILES string of the molecule is CC(C)(C)Oc1ccc2ccccc2c1-c1cccc2c1CCCC2. The van der Waals surface area contributed by atoms with Crippen LogP contribution < -0.4 is 4.74 Å². The van der Waals surface area contributed by atoms with Crippen LogP contribution in [0.3, 0.4) is 0 Å². The minimum Gasteiger partial charge on any atom is -0.487 e. The second-order valence-corrected chi connectivity index (χ2v) is 8.02. The average Bonchev–Trinajstić information content (AvgIpc) is 2.60. The van der Waals surface area contributed by atoms with E-state index in [0.717, 1.165) is 5.75 Å². The van der Waals surface area contributed by atoms with Crippen LogP contribution in [0.2, 0.25) is 0 Å². The van der Waals surface area contributed by atoms with Crippen LogP contribution in [0.4, 0.5) is 0 Å². The summed E-state index contributed by atoms with van der Waals surface area (Å²) in [7, 11) is 0. The Bertz CT molecular complexity index is 915. The van der Waals surface area contributed by atoms with E-state index >= 15 is 0 Å². The van der Waals surface area contributed by atoms with Crippen molar-refractivity contribution in [3.8, 4) is 16.9 Å². The minimum absolute atomic E-state index is 0.216. The molecule has 0 spiro atoms. The van der Waals surface area contributed by atoms with Gasteiger partial charge in [0.05, 0.1) is 0 Å². The van der Waals surface area contributed by atoms with Gasteiger partial charge in [-0.2, -0.15) is 0 Å². The fourth-order valence-corrected chi connectivity index (χ4v) is 3.96. The first-order valence-corrected chi connectivity index (χ1v) is 9.35. The standard InChI is InChI=1S/C24H26O/c1-24(2,3)25-22-16-15-18-10-5-7-13-20(18)23(22)21-14-8-11-17-9-4-6-12-19(17)21/h5,7-8,10-11,13-16H,4,6,9,12H2,1-3H3. The maximum atomic E-state index is 6.39. The van der Waals surface area contributed by atoms with Gasteiger partial charge >= 0.3 is 0 Å². The highest BCUT2D eigenvalue weighted by molar-refractivity contribution is 6.00. The maximum Gasteiger partial charge on any atom is 0.128 e. The van der Waals surface area contributed by atoms with Crippen molar-refractivity contribution in [2.45, 2.75) is 52.1 Å². The number of ether oxygens (including phenoxy) is 1. The largest absolute Gasteiger partial charge is 0.487 e. The van der Waals surface area contributed by atoms with Crippen molar-refractivity contribution in [3.05, 3.63) is 65.7 Å². The lowest BCUT2D eigenvalue weighted by Gasteiger charge is -2.26. The van der Waals surface area contributed by atoms with E-state index in [1.165, 1.54) is 58.7 Å². The number of benzene rings is 3. The zero-order chi connectivity index (χ0) is 17.4.